The van der Waals surface area contributed by atoms with Gasteiger partial charge in [-0.25, -0.2) is 4.79 Å². The third kappa shape index (κ3) is 6.66. The van der Waals surface area contributed by atoms with Gasteiger partial charge in [-0.05, 0) is 93.2 Å². The molecule has 3 aromatic rings. The van der Waals surface area contributed by atoms with Crippen molar-refractivity contribution >= 4 is 29.0 Å². The number of carbonyl (C=O) groups is 2. The average molecular weight is 602 g/mol. The maximum atomic E-state index is 13.7. The van der Waals surface area contributed by atoms with E-state index in [2.05, 4.69) is 54.8 Å². The van der Waals surface area contributed by atoms with E-state index in [9.17, 15) is 9.59 Å². The van der Waals surface area contributed by atoms with Crippen molar-refractivity contribution in [1.29, 1.82) is 0 Å². The molecule has 5 rings (SSSR count). The molecule has 0 spiro atoms. The van der Waals surface area contributed by atoms with E-state index in [1.54, 1.807) is 13.8 Å². The molecule has 1 aromatic heterocycles. The van der Waals surface area contributed by atoms with E-state index in [1.165, 1.54) is 22.3 Å². The van der Waals surface area contributed by atoms with Crippen LogP contribution >= 0.6 is 11.6 Å². The number of nitrogens with zero attached hydrogens (tertiary/aromatic N) is 3. The molecular weight excluding hydrogens is 558 g/mol. The minimum atomic E-state index is -0.827. The van der Waals surface area contributed by atoms with Crippen LogP contribution in [0.5, 0.6) is 0 Å². The molecule has 0 N–H and O–H groups in total. The van der Waals surface area contributed by atoms with Crippen molar-refractivity contribution in [3.63, 3.8) is 0 Å². The molecule has 3 heterocycles. The number of halogens is 1. The molecule has 7 heteroatoms. The van der Waals surface area contributed by atoms with E-state index in [0.29, 0.717) is 11.3 Å². The lowest BCUT2D eigenvalue weighted by atomic mass is 9.82. The molecule has 1 saturated heterocycles. The Hall–Kier alpha value is -3.22. The number of fused-ring (bicyclic) bond motifs is 1. The summed E-state index contributed by atoms with van der Waals surface area (Å²) in [5.74, 6) is -1.45. The number of aromatic nitrogens is 1. The van der Waals surface area contributed by atoms with Gasteiger partial charge in [-0.3, -0.25) is 14.7 Å². The van der Waals surface area contributed by atoms with Crippen LogP contribution in [0.3, 0.4) is 0 Å². The van der Waals surface area contributed by atoms with Gasteiger partial charge in [-0.2, -0.15) is 0 Å². The number of rotatable bonds is 7. The molecule has 0 amide bonds. The summed E-state index contributed by atoms with van der Waals surface area (Å²) in [6.07, 6.45) is 2.67. The van der Waals surface area contributed by atoms with E-state index in [1.807, 2.05) is 26.0 Å². The van der Waals surface area contributed by atoms with Crippen molar-refractivity contribution in [2.24, 2.45) is 5.41 Å². The molecule has 0 atom stereocenters. The second-order valence-corrected chi connectivity index (χ2v) is 13.7. The summed E-state index contributed by atoms with van der Waals surface area (Å²) in [5, 5.41) is 0.819. The Morgan fingerprint density at radius 1 is 1.05 bits per heavy atom. The van der Waals surface area contributed by atoms with E-state index in [0.717, 1.165) is 79.5 Å². The van der Waals surface area contributed by atoms with E-state index >= 15 is 0 Å². The third-order valence-corrected chi connectivity index (χ3v) is 9.18. The minimum absolute atomic E-state index is 0.0820. The number of benzene rings is 2. The number of ketones is 1. The zero-order chi connectivity index (χ0) is 31.1. The van der Waals surface area contributed by atoms with Gasteiger partial charge in [-0.1, -0.05) is 55.8 Å². The van der Waals surface area contributed by atoms with E-state index in [-0.39, 0.29) is 11.5 Å². The highest BCUT2D eigenvalue weighted by atomic mass is 35.5. The first kappa shape index (κ1) is 31.2. The Morgan fingerprint density at radius 2 is 1.81 bits per heavy atom. The predicted octanol–water partition coefficient (Wildman–Crippen LogP) is 7.65. The Kier molecular flexibility index (Phi) is 9.01. The molecule has 2 aliphatic rings. The number of pyridine rings is 1. The largest absolute Gasteiger partial charge is 0.457 e. The molecular formula is C36H44ClN3O3. The summed E-state index contributed by atoms with van der Waals surface area (Å²) in [6, 6.07) is 12.7. The van der Waals surface area contributed by atoms with Gasteiger partial charge in [0, 0.05) is 49.0 Å². The molecule has 43 heavy (non-hydrogen) atoms. The standard InChI is InChI=1S/C36H44ClN3O3/c1-22(2)43-35(42)34(41)32-25(5)38-24(4)31(33(32)40-16-9-15-36(6,7)21-40)27-12-13-28-19-39(17-14-26(28)18-27)20-29-23(3)10-8-11-30(29)37/h8,10-13,18,22H,9,14-17,19-21H2,1-7H3. The molecule has 2 aliphatic heterocycles. The zero-order valence-electron chi connectivity index (χ0n) is 26.6. The number of ether oxygens (including phenoxy) is 1. The number of hydrogen-bond acceptors (Lipinski definition) is 6. The number of Topliss-reactive ketones (excluding diaryl/α,β-unsaturated/α-hetero) is 1. The van der Waals surface area contributed by atoms with Crippen LogP contribution in [0.1, 0.15) is 84.5 Å². The fourth-order valence-corrected chi connectivity index (χ4v) is 7.02. The van der Waals surface area contributed by atoms with Crippen molar-refractivity contribution in [3.05, 3.63) is 80.6 Å². The first-order valence-corrected chi connectivity index (χ1v) is 15.8. The molecule has 6 nitrogen and oxygen atoms in total. The number of aryl methyl sites for hydroxylation is 3. The number of carbonyl (C=O) groups excluding carboxylic acids is 2. The van der Waals surface area contributed by atoms with E-state index in [4.69, 9.17) is 21.3 Å². The summed E-state index contributed by atoms with van der Waals surface area (Å²) in [5.41, 5.74) is 9.66. The lowest BCUT2D eigenvalue weighted by molar-refractivity contribution is -0.141. The summed E-state index contributed by atoms with van der Waals surface area (Å²) in [6.45, 7) is 18.2. The normalized spacial score (nSPS) is 16.7. The Balaban J connectivity index is 1.56. The predicted molar refractivity (Wildman–Crippen MR) is 174 cm³/mol. The smallest absolute Gasteiger partial charge is 0.380 e. The fraction of sp³-hybridized carbons (Fsp3) is 0.472. The molecule has 0 saturated carbocycles. The minimum Gasteiger partial charge on any atom is -0.457 e. The van der Waals surface area contributed by atoms with Gasteiger partial charge in [0.15, 0.2) is 0 Å². The maximum Gasteiger partial charge on any atom is 0.380 e. The molecule has 228 valence electrons. The maximum absolute atomic E-state index is 13.7. The molecule has 1 fully saturated rings. The Labute approximate surface area is 261 Å². The molecule has 0 unspecified atom stereocenters. The highest BCUT2D eigenvalue weighted by molar-refractivity contribution is 6.42. The third-order valence-electron chi connectivity index (χ3n) is 8.83. The lowest BCUT2D eigenvalue weighted by Gasteiger charge is -2.41. The van der Waals surface area contributed by atoms with Crippen molar-refractivity contribution in [2.45, 2.75) is 86.9 Å². The van der Waals surface area contributed by atoms with Crippen LogP contribution in [-0.4, -0.2) is 47.4 Å². The highest BCUT2D eigenvalue weighted by Crippen LogP contribution is 2.42. The summed E-state index contributed by atoms with van der Waals surface area (Å²) in [7, 11) is 0. The SMILES string of the molecule is Cc1cccc(Cl)c1CN1CCc2cc(-c3c(C)nc(C)c(C(=O)C(=O)OC(C)C)c3N3CCCC(C)(C)C3)ccc2C1. The number of anilines is 1. The zero-order valence-corrected chi connectivity index (χ0v) is 27.4. The summed E-state index contributed by atoms with van der Waals surface area (Å²) in [4.78, 5) is 36.3. The molecule has 0 aliphatic carbocycles. The first-order valence-electron chi connectivity index (χ1n) is 15.4. The van der Waals surface area contributed by atoms with E-state index < -0.39 is 11.8 Å². The second-order valence-electron chi connectivity index (χ2n) is 13.3. The van der Waals surface area contributed by atoms with Crippen molar-refractivity contribution < 1.29 is 14.3 Å². The van der Waals surface area contributed by atoms with Crippen LogP contribution in [0.25, 0.3) is 11.1 Å². The van der Waals surface area contributed by atoms with Gasteiger partial charge in [-0.15, -0.1) is 0 Å². The molecule has 2 aromatic carbocycles. The van der Waals surface area contributed by atoms with Crippen LogP contribution in [-0.2, 0) is 29.0 Å². The van der Waals surface area contributed by atoms with Gasteiger partial charge in [0.25, 0.3) is 5.78 Å². The van der Waals surface area contributed by atoms with Crippen molar-refractivity contribution in [1.82, 2.24) is 9.88 Å². The van der Waals surface area contributed by atoms with Crippen molar-refractivity contribution in [2.75, 3.05) is 24.5 Å². The highest BCUT2D eigenvalue weighted by Gasteiger charge is 2.35. The topological polar surface area (TPSA) is 62.7 Å². The lowest BCUT2D eigenvalue weighted by Crippen LogP contribution is -2.41. The second kappa shape index (κ2) is 12.4. The fourth-order valence-electron chi connectivity index (χ4n) is 6.74. The monoisotopic (exact) mass is 601 g/mol. The number of hydrogen-bond donors (Lipinski definition) is 0. The van der Waals surface area contributed by atoms with Crippen LogP contribution in [0, 0.1) is 26.2 Å². The van der Waals surface area contributed by atoms with Gasteiger partial charge < -0.3 is 9.64 Å². The van der Waals surface area contributed by atoms with Crippen LogP contribution in [0.15, 0.2) is 36.4 Å². The summed E-state index contributed by atoms with van der Waals surface area (Å²) < 4.78 is 5.37. The summed E-state index contributed by atoms with van der Waals surface area (Å²) >= 11 is 6.55. The van der Waals surface area contributed by atoms with Gasteiger partial charge in [0.1, 0.15) is 0 Å². The van der Waals surface area contributed by atoms with Gasteiger partial charge in [0.05, 0.1) is 23.0 Å². The van der Waals surface area contributed by atoms with Crippen LogP contribution in [0.4, 0.5) is 5.69 Å². The first-order chi connectivity index (χ1) is 20.3. The average Bonchev–Trinajstić information content (AvgIpc) is 2.93. The van der Waals surface area contributed by atoms with Crippen LogP contribution < -0.4 is 4.90 Å². The van der Waals surface area contributed by atoms with Gasteiger partial charge in [0.2, 0.25) is 0 Å². The van der Waals surface area contributed by atoms with Crippen LogP contribution in [0.2, 0.25) is 5.02 Å². The number of piperidine rings is 1. The quantitative estimate of drug-likeness (QED) is 0.157. The number of esters is 1. The molecule has 0 bridgehead atoms. The Morgan fingerprint density at radius 3 is 2.51 bits per heavy atom. The molecule has 0 radical (unpaired) electrons. The van der Waals surface area contributed by atoms with Gasteiger partial charge >= 0.3 is 5.97 Å². The van der Waals surface area contributed by atoms with Crippen molar-refractivity contribution in [3.8, 4) is 11.1 Å². The Bertz CT molecular complexity index is 1540.